The maximum absolute atomic E-state index is 11.0. The number of benzene rings is 1. The zero-order chi connectivity index (χ0) is 11.7. The van der Waals surface area contributed by atoms with Crippen molar-refractivity contribution in [3.8, 4) is 0 Å². The van der Waals surface area contributed by atoms with Crippen LogP contribution in [0.25, 0.3) is 0 Å². The molecule has 1 saturated heterocycles. The second-order valence-corrected chi connectivity index (χ2v) is 4.67. The number of likely N-dealkylation sites (N-methyl/N-ethyl adjacent to an activating group) is 1. The SMILES string of the molecule is CN1CC(c2cccc(Cl)c2)C([N+](=O)[O-])C1. The zero-order valence-electron chi connectivity index (χ0n) is 8.97. The lowest BCUT2D eigenvalue weighted by atomic mass is 9.95. The molecule has 0 amide bonds. The summed E-state index contributed by atoms with van der Waals surface area (Å²) in [6.07, 6.45) is 0. The Hall–Kier alpha value is -1.13. The number of nitro groups is 1. The highest BCUT2D eigenvalue weighted by Gasteiger charge is 2.40. The third kappa shape index (κ3) is 2.18. The lowest BCUT2D eigenvalue weighted by Crippen LogP contribution is -2.27. The number of halogens is 1. The summed E-state index contributed by atoms with van der Waals surface area (Å²) in [5.74, 6) is -0.0568. The van der Waals surface area contributed by atoms with Crippen molar-refractivity contribution in [3.63, 3.8) is 0 Å². The maximum atomic E-state index is 11.0. The fourth-order valence-corrected chi connectivity index (χ4v) is 2.46. The van der Waals surface area contributed by atoms with Gasteiger partial charge in [-0.15, -0.1) is 0 Å². The van der Waals surface area contributed by atoms with E-state index in [1.165, 1.54) is 0 Å². The molecular weight excluding hydrogens is 228 g/mol. The van der Waals surface area contributed by atoms with Crippen molar-refractivity contribution in [2.24, 2.45) is 0 Å². The van der Waals surface area contributed by atoms with E-state index in [1.54, 1.807) is 6.07 Å². The van der Waals surface area contributed by atoms with Crippen LogP contribution >= 0.6 is 11.6 Å². The highest BCUT2D eigenvalue weighted by atomic mass is 35.5. The van der Waals surface area contributed by atoms with Gasteiger partial charge in [0.05, 0.1) is 12.5 Å². The first-order valence-electron chi connectivity index (χ1n) is 5.15. The molecule has 0 aliphatic carbocycles. The summed E-state index contributed by atoms with van der Waals surface area (Å²) < 4.78 is 0. The molecule has 0 N–H and O–H groups in total. The summed E-state index contributed by atoms with van der Waals surface area (Å²) in [7, 11) is 1.90. The van der Waals surface area contributed by atoms with E-state index in [1.807, 2.05) is 30.1 Å². The molecule has 86 valence electrons. The third-order valence-corrected chi connectivity index (χ3v) is 3.25. The molecule has 0 bridgehead atoms. The molecule has 5 heteroatoms. The summed E-state index contributed by atoms with van der Waals surface area (Å²) in [5.41, 5.74) is 0.957. The number of hydrogen-bond donors (Lipinski definition) is 0. The van der Waals surface area contributed by atoms with E-state index >= 15 is 0 Å². The summed E-state index contributed by atoms with van der Waals surface area (Å²) in [4.78, 5) is 12.8. The highest BCUT2D eigenvalue weighted by Crippen LogP contribution is 2.29. The minimum absolute atomic E-state index is 0.0568. The molecule has 2 rings (SSSR count). The van der Waals surface area contributed by atoms with Gasteiger partial charge in [0.2, 0.25) is 6.04 Å². The van der Waals surface area contributed by atoms with Crippen LogP contribution in [-0.2, 0) is 0 Å². The van der Waals surface area contributed by atoms with Crippen molar-refractivity contribution in [3.05, 3.63) is 45.0 Å². The Balaban J connectivity index is 2.28. The predicted molar refractivity (Wildman–Crippen MR) is 62.5 cm³/mol. The summed E-state index contributed by atoms with van der Waals surface area (Å²) in [6, 6.07) is 6.83. The number of nitrogens with zero attached hydrogens (tertiary/aromatic N) is 2. The van der Waals surface area contributed by atoms with E-state index in [4.69, 9.17) is 11.6 Å². The van der Waals surface area contributed by atoms with E-state index < -0.39 is 6.04 Å². The molecule has 1 aliphatic heterocycles. The zero-order valence-corrected chi connectivity index (χ0v) is 9.72. The van der Waals surface area contributed by atoms with Gasteiger partial charge >= 0.3 is 0 Å². The van der Waals surface area contributed by atoms with Crippen molar-refractivity contribution >= 4 is 11.6 Å². The number of rotatable bonds is 2. The Labute approximate surface area is 99.0 Å². The first kappa shape index (κ1) is 11.4. The van der Waals surface area contributed by atoms with Crippen LogP contribution in [-0.4, -0.2) is 36.0 Å². The molecule has 1 aliphatic rings. The third-order valence-electron chi connectivity index (χ3n) is 3.02. The van der Waals surface area contributed by atoms with Gasteiger partial charge in [-0.1, -0.05) is 23.7 Å². The van der Waals surface area contributed by atoms with Gasteiger partial charge in [-0.25, -0.2) is 0 Å². The molecule has 16 heavy (non-hydrogen) atoms. The lowest BCUT2D eigenvalue weighted by Gasteiger charge is -2.12. The predicted octanol–water partition coefficient (Wildman–Crippen LogP) is 2.01. The fraction of sp³-hybridized carbons (Fsp3) is 0.455. The Bertz CT molecular complexity index is 411. The van der Waals surface area contributed by atoms with Crippen LogP contribution in [0.3, 0.4) is 0 Å². The highest BCUT2D eigenvalue weighted by molar-refractivity contribution is 6.30. The van der Waals surface area contributed by atoms with E-state index in [0.29, 0.717) is 18.1 Å². The van der Waals surface area contributed by atoms with Crippen molar-refractivity contribution in [2.75, 3.05) is 20.1 Å². The molecule has 4 nitrogen and oxygen atoms in total. The summed E-state index contributed by atoms with van der Waals surface area (Å²) in [5, 5.41) is 11.6. The van der Waals surface area contributed by atoms with E-state index in [0.717, 1.165) is 5.56 Å². The molecule has 0 radical (unpaired) electrons. The van der Waals surface area contributed by atoms with Crippen LogP contribution < -0.4 is 0 Å². The number of hydrogen-bond acceptors (Lipinski definition) is 3. The molecule has 1 heterocycles. The minimum atomic E-state index is -0.525. The van der Waals surface area contributed by atoms with Crippen LogP contribution in [0.5, 0.6) is 0 Å². The molecule has 1 aromatic rings. The first-order valence-corrected chi connectivity index (χ1v) is 5.53. The van der Waals surface area contributed by atoms with Crippen LogP contribution in [0.4, 0.5) is 0 Å². The minimum Gasteiger partial charge on any atom is -0.299 e. The lowest BCUT2D eigenvalue weighted by molar-refractivity contribution is -0.521. The average molecular weight is 241 g/mol. The standard InChI is InChI=1S/C11H13ClN2O2/c1-13-6-10(11(7-13)14(15)16)8-3-2-4-9(12)5-8/h2-5,10-11H,6-7H2,1H3. The molecule has 1 fully saturated rings. The summed E-state index contributed by atoms with van der Waals surface area (Å²) >= 11 is 5.90. The van der Waals surface area contributed by atoms with Gasteiger partial charge < -0.3 is 0 Å². The monoisotopic (exact) mass is 240 g/mol. The van der Waals surface area contributed by atoms with Crippen molar-refractivity contribution < 1.29 is 4.92 Å². The van der Waals surface area contributed by atoms with Crippen molar-refractivity contribution in [1.29, 1.82) is 0 Å². The average Bonchev–Trinajstić information content (AvgIpc) is 2.60. The molecule has 0 spiro atoms. The van der Waals surface area contributed by atoms with E-state index in [9.17, 15) is 10.1 Å². The molecule has 0 aromatic heterocycles. The van der Waals surface area contributed by atoms with Crippen molar-refractivity contribution in [1.82, 2.24) is 4.90 Å². The van der Waals surface area contributed by atoms with E-state index in [-0.39, 0.29) is 10.8 Å². The Morgan fingerprint density at radius 1 is 1.50 bits per heavy atom. The second kappa shape index (κ2) is 4.39. The van der Waals surface area contributed by atoms with Crippen LogP contribution in [0.15, 0.2) is 24.3 Å². The van der Waals surface area contributed by atoms with Gasteiger partial charge in [-0.05, 0) is 24.7 Å². The van der Waals surface area contributed by atoms with Gasteiger partial charge in [-0.3, -0.25) is 15.0 Å². The van der Waals surface area contributed by atoms with Crippen LogP contribution in [0.2, 0.25) is 5.02 Å². The first-order chi connectivity index (χ1) is 7.58. The fourth-order valence-electron chi connectivity index (χ4n) is 2.26. The van der Waals surface area contributed by atoms with Crippen LogP contribution in [0, 0.1) is 10.1 Å². The Morgan fingerprint density at radius 3 is 2.88 bits per heavy atom. The quantitative estimate of drug-likeness (QED) is 0.587. The Kier molecular flexibility index (Phi) is 3.12. The van der Waals surface area contributed by atoms with Crippen molar-refractivity contribution in [2.45, 2.75) is 12.0 Å². The van der Waals surface area contributed by atoms with Gasteiger partial charge in [0.1, 0.15) is 0 Å². The largest absolute Gasteiger partial charge is 0.299 e. The van der Waals surface area contributed by atoms with Gasteiger partial charge in [0, 0.05) is 16.5 Å². The molecular formula is C11H13ClN2O2. The molecule has 2 atom stereocenters. The Morgan fingerprint density at radius 2 is 2.25 bits per heavy atom. The smallest absolute Gasteiger partial charge is 0.233 e. The molecule has 0 saturated carbocycles. The summed E-state index contributed by atoms with van der Waals surface area (Å²) in [6.45, 7) is 1.22. The normalized spacial score (nSPS) is 25.9. The maximum Gasteiger partial charge on any atom is 0.233 e. The number of likely N-dealkylation sites (tertiary alicyclic amines) is 1. The second-order valence-electron chi connectivity index (χ2n) is 4.24. The molecule has 2 unspecified atom stereocenters. The van der Waals surface area contributed by atoms with Gasteiger partial charge in [0.25, 0.3) is 0 Å². The van der Waals surface area contributed by atoms with Crippen LogP contribution in [0.1, 0.15) is 11.5 Å². The van der Waals surface area contributed by atoms with E-state index in [2.05, 4.69) is 0 Å². The topological polar surface area (TPSA) is 46.4 Å². The molecule has 1 aromatic carbocycles. The van der Waals surface area contributed by atoms with Gasteiger partial charge in [-0.2, -0.15) is 0 Å². The van der Waals surface area contributed by atoms with Gasteiger partial charge in [0.15, 0.2) is 0 Å².